The van der Waals surface area contributed by atoms with E-state index in [1.807, 2.05) is 0 Å². The number of carbonyl (C=O) groups is 6. The van der Waals surface area contributed by atoms with E-state index in [0.717, 1.165) is 11.1 Å². The second kappa shape index (κ2) is 18.1. The lowest BCUT2D eigenvalue weighted by atomic mass is 10.0. The van der Waals surface area contributed by atoms with Crippen LogP contribution in [0.5, 0.6) is 5.75 Å². The molecular formula is C30H36F3N5O9. The van der Waals surface area contributed by atoms with Gasteiger partial charge in [-0.2, -0.15) is 13.2 Å². The van der Waals surface area contributed by atoms with Gasteiger partial charge in [-0.05, 0) is 42.5 Å². The molecule has 0 bridgehead atoms. The number of carbonyl (C=O) groups excluding carboxylic acids is 4. The first-order valence-electron chi connectivity index (χ1n) is 14.3. The summed E-state index contributed by atoms with van der Waals surface area (Å²) in [7, 11) is 0. The highest BCUT2D eigenvalue weighted by Crippen LogP contribution is 2.14. The van der Waals surface area contributed by atoms with Gasteiger partial charge in [0.2, 0.25) is 23.6 Å². The minimum Gasteiger partial charge on any atom is -0.508 e. The first-order chi connectivity index (χ1) is 22.1. The molecule has 0 saturated carbocycles. The van der Waals surface area contributed by atoms with Gasteiger partial charge < -0.3 is 42.3 Å². The Morgan fingerprint density at radius 3 is 2.06 bits per heavy atom. The first kappa shape index (κ1) is 38.0. The SMILES string of the molecule is N[C@@H](Cc1ccc(O)cc1)C(=O)N[C@@H]1CCCC[C@H](C(=O)O)NC(=O)[C@H](Cc2ccccc2)NC(=O)CNC1=O.O=C(O)C(F)(F)F. The molecule has 1 aliphatic rings. The van der Waals surface area contributed by atoms with Crippen LogP contribution in [0.2, 0.25) is 0 Å². The van der Waals surface area contributed by atoms with Crippen molar-refractivity contribution in [3.63, 3.8) is 0 Å². The molecule has 1 saturated heterocycles. The fraction of sp³-hybridized carbons (Fsp3) is 0.400. The van der Waals surface area contributed by atoms with Crippen LogP contribution in [0.4, 0.5) is 13.2 Å². The zero-order chi connectivity index (χ0) is 35.1. The van der Waals surface area contributed by atoms with Gasteiger partial charge in [0.05, 0.1) is 12.6 Å². The van der Waals surface area contributed by atoms with E-state index in [1.54, 1.807) is 42.5 Å². The molecule has 2 aromatic rings. The van der Waals surface area contributed by atoms with E-state index >= 15 is 0 Å². The van der Waals surface area contributed by atoms with Gasteiger partial charge in [-0.25, -0.2) is 9.59 Å². The third-order valence-electron chi connectivity index (χ3n) is 6.81. The summed E-state index contributed by atoms with van der Waals surface area (Å²) in [5, 5.41) is 36.4. The number of aromatic hydroxyl groups is 1. The molecule has 1 aliphatic heterocycles. The van der Waals surface area contributed by atoms with Crippen molar-refractivity contribution in [3.8, 4) is 5.75 Å². The van der Waals surface area contributed by atoms with Gasteiger partial charge in [0, 0.05) is 6.42 Å². The van der Waals surface area contributed by atoms with Gasteiger partial charge in [-0.15, -0.1) is 0 Å². The van der Waals surface area contributed by atoms with Crippen molar-refractivity contribution in [2.75, 3.05) is 6.54 Å². The summed E-state index contributed by atoms with van der Waals surface area (Å²) in [6.07, 6.45) is -3.81. The fourth-order valence-electron chi connectivity index (χ4n) is 4.35. The Labute approximate surface area is 266 Å². The van der Waals surface area contributed by atoms with Crippen molar-refractivity contribution in [3.05, 3.63) is 65.7 Å². The van der Waals surface area contributed by atoms with Gasteiger partial charge in [0.15, 0.2) is 0 Å². The van der Waals surface area contributed by atoms with Gasteiger partial charge >= 0.3 is 18.1 Å². The lowest BCUT2D eigenvalue weighted by molar-refractivity contribution is -0.192. The third-order valence-corrected chi connectivity index (χ3v) is 6.81. The van der Waals surface area contributed by atoms with Crippen molar-refractivity contribution in [1.29, 1.82) is 0 Å². The summed E-state index contributed by atoms with van der Waals surface area (Å²) < 4.78 is 31.7. The van der Waals surface area contributed by atoms with Crippen LogP contribution >= 0.6 is 0 Å². The number of alkyl halides is 3. The minimum atomic E-state index is -5.08. The maximum atomic E-state index is 12.9. The molecule has 4 atom stereocenters. The van der Waals surface area contributed by atoms with Crippen LogP contribution in [0.3, 0.4) is 0 Å². The maximum absolute atomic E-state index is 12.9. The van der Waals surface area contributed by atoms with E-state index < -0.39 is 72.5 Å². The molecule has 4 amide bonds. The fourth-order valence-corrected chi connectivity index (χ4v) is 4.35. The van der Waals surface area contributed by atoms with Gasteiger partial charge in [0.25, 0.3) is 0 Å². The van der Waals surface area contributed by atoms with Crippen molar-refractivity contribution < 1.29 is 57.3 Å². The number of phenols is 1. The normalized spacial score (nSPS) is 20.1. The Morgan fingerprint density at radius 1 is 0.894 bits per heavy atom. The molecule has 47 heavy (non-hydrogen) atoms. The van der Waals surface area contributed by atoms with Crippen LogP contribution in [0.25, 0.3) is 0 Å². The van der Waals surface area contributed by atoms with E-state index in [1.165, 1.54) is 12.1 Å². The van der Waals surface area contributed by atoms with Crippen molar-refractivity contribution in [1.82, 2.24) is 21.3 Å². The van der Waals surface area contributed by atoms with E-state index in [2.05, 4.69) is 21.3 Å². The number of benzene rings is 2. The molecule has 0 unspecified atom stereocenters. The molecule has 9 N–H and O–H groups in total. The second-order valence-electron chi connectivity index (χ2n) is 10.6. The number of nitrogens with two attached hydrogens (primary N) is 1. The molecule has 3 rings (SSSR count). The van der Waals surface area contributed by atoms with E-state index in [0.29, 0.717) is 12.8 Å². The molecule has 14 nitrogen and oxygen atoms in total. The lowest BCUT2D eigenvalue weighted by Crippen LogP contribution is -2.56. The number of nitrogens with one attached hydrogen (secondary N) is 4. The minimum absolute atomic E-state index is 0.0818. The monoisotopic (exact) mass is 667 g/mol. The third kappa shape index (κ3) is 13.8. The molecule has 256 valence electrons. The van der Waals surface area contributed by atoms with Crippen LogP contribution in [0, 0.1) is 0 Å². The number of amides is 4. The zero-order valence-electron chi connectivity index (χ0n) is 25.0. The molecule has 0 radical (unpaired) electrons. The molecule has 2 aromatic carbocycles. The predicted molar refractivity (Wildman–Crippen MR) is 159 cm³/mol. The van der Waals surface area contributed by atoms with E-state index in [4.69, 9.17) is 15.6 Å². The second-order valence-corrected chi connectivity index (χ2v) is 10.6. The number of carboxylic acids is 2. The van der Waals surface area contributed by atoms with Crippen LogP contribution in [-0.4, -0.2) is 87.8 Å². The Hall–Kier alpha value is -5.19. The number of rotatable bonds is 7. The zero-order valence-corrected chi connectivity index (χ0v) is 25.0. The van der Waals surface area contributed by atoms with Crippen LogP contribution < -0.4 is 27.0 Å². The molecular weight excluding hydrogens is 631 g/mol. The summed E-state index contributed by atoms with van der Waals surface area (Å²) in [4.78, 5) is 72.1. The Kier molecular flexibility index (Phi) is 14.6. The summed E-state index contributed by atoms with van der Waals surface area (Å²) in [5.41, 5.74) is 7.53. The number of hydrogen-bond donors (Lipinski definition) is 8. The largest absolute Gasteiger partial charge is 0.508 e. The number of halogens is 3. The van der Waals surface area contributed by atoms with Gasteiger partial charge in [-0.3, -0.25) is 19.2 Å². The quantitative estimate of drug-likeness (QED) is 0.202. The highest BCUT2D eigenvalue weighted by Gasteiger charge is 2.38. The maximum Gasteiger partial charge on any atom is 0.490 e. The van der Waals surface area contributed by atoms with E-state index in [9.17, 15) is 47.4 Å². The van der Waals surface area contributed by atoms with Gasteiger partial charge in [-0.1, -0.05) is 55.3 Å². The summed E-state index contributed by atoms with van der Waals surface area (Å²) in [6.45, 7) is -0.453. The topological polar surface area (TPSA) is 237 Å². The van der Waals surface area contributed by atoms with Crippen LogP contribution in [-0.2, 0) is 41.6 Å². The smallest absolute Gasteiger partial charge is 0.490 e. The number of hydrogen-bond acceptors (Lipinski definition) is 8. The molecule has 0 spiro atoms. The lowest BCUT2D eigenvalue weighted by Gasteiger charge is -2.24. The van der Waals surface area contributed by atoms with Crippen LogP contribution in [0.15, 0.2) is 54.6 Å². The molecule has 1 fully saturated rings. The first-order valence-corrected chi connectivity index (χ1v) is 14.3. The van der Waals surface area contributed by atoms with Crippen LogP contribution in [0.1, 0.15) is 36.8 Å². The summed E-state index contributed by atoms with van der Waals surface area (Å²) in [6, 6.07) is 10.9. The van der Waals surface area contributed by atoms with Crippen molar-refractivity contribution in [2.45, 2.75) is 68.9 Å². The standard InChI is InChI=1S/C28H35N5O7.C2HF3O2/c29-20(14-18-10-12-19(34)13-11-18)25(36)32-21-8-4-5-9-22(28(39)40)33-27(38)23(15-17-6-2-1-3-7-17)31-24(35)16-30-26(21)37;3-2(4,5)1(6)7/h1-3,6-7,10-13,20-23,34H,4-5,8-9,14-16,29H2,(H,30,37)(H,31,35)(H,32,36)(H,33,38)(H,39,40);(H,6,7)/t20-,21+,22+,23-;/m0./s1. The Bertz CT molecular complexity index is 1390. The average Bonchev–Trinajstić information content (AvgIpc) is 3.01. The highest BCUT2D eigenvalue weighted by atomic mass is 19.4. The van der Waals surface area contributed by atoms with Crippen molar-refractivity contribution >= 4 is 35.6 Å². The Morgan fingerprint density at radius 2 is 1.49 bits per heavy atom. The van der Waals surface area contributed by atoms with E-state index in [-0.39, 0.29) is 31.4 Å². The molecule has 1 heterocycles. The van der Waals surface area contributed by atoms with Gasteiger partial charge in [0.1, 0.15) is 23.9 Å². The molecule has 0 aliphatic carbocycles. The average molecular weight is 668 g/mol. The van der Waals surface area contributed by atoms with Crippen molar-refractivity contribution in [2.24, 2.45) is 5.73 Å². The number of aliphatic carboxylic acids is 2. The number of phenolic OH excluding ortho intramolecular Hbond substituents is 1. The summed E-state index contributed by atoms with van der Waals surface area (Å²) in [5.74, 6) is -6.35. The molecule has 0 aromatic heterocycles. The number of carboxylic acid groups (broad SMARTS) is 2. The molecule has 17 heteroatoms. The predicted octanol–water partition coefficient (Wildman–Crippen LogP) is 0.367. The Balaban J connectivity index is 0.000000984. The summed E-state index contributed by atoms with van der Waals surface area (Å²) >= 11 is 0. The highest BCUT2D eigenvalue weighted by molar-refractivity contribution is 5.94.